The van der Waals surface area contributed by atoms with Crippen molar-refractivity contribution in [3.63, 3.8) is 0 Å². The summed E-state index contributed by atoms with van der Waals surface area (Å²) >= 11 is 11.1. The average Bonchev–Trinajstić information content (AvgIpc) is 2.74. The Morgan fingerprint density at radius 3 is 2.48 bits per heavy atom. The molecule has 0 unspecified atom stereocenters. The average molecular weight is 459 g/mol. The molecule has 1 heterocycles. The highest BCUT2D eigenvalue weighted by Crippen LogP contribution is 2.30. The minimum atomic E-state index is -0.554. The molecule has 2 aromatic rings. The molecule has 2 aromatic carbocycles. The third-order valence-corrected chi connectivity index (χ3v) is 5.06. The largest absolute Gasteiger partial charge is 0.490 e. The third-order valence-electron chi connectivity index (χ3n) is 4.52. The molecule has 1 aliphatic heterocycles. The van der Waals surface area contributed by atoms with Crippen molar-refractivity contribution >= 4 is 52.5 Å². The highest BCUT2D eigenvalue weighted by atomic mass is 35.5. The van der Waals surface area contributed by atoms with Gasteiger partial charge in [0.2, 0.25) is 0 Å². The van der Waals surface area contributed by atoms with Crippen LogP contribution in [0.2, 0.25) is 5.02 Å². The number of benzene rings is 2. The quantitative estimate of drug-likeness (QED) is 0.267. The van der Waals surface area contributed by atoms with Gasteiger partial charge < -0.3 is 9.47 Å². The molecular weight excluding hydrogens is 436 g/mol. The van der Waals surface area contributed by atoms with Crippen LogP contribution in [-0.2, 0) is 9.59 Å². The molecule has 1 N–H and O–H groups in total. The van der Waals surface area contributed by atoms with E-state index in [1.807, 2.05) is 6.92 Å². The van der Waals surface area contributed by atoms with Gasteiger partial charge in [0, 0.05) is 5.02 Å². The fourth-order valence-electron chi connectivity index (χ4n) is 2.98. The Hall–Kier alpha value is -2.90. The summed E-state index contributed by atoms with van der Waals surface area (Å²) < 4.78 is 11.5. The van der Waals surface area contributed by atoms with E-state index in [0.29, 0.717) is 41.0 Å². The minimum absolute atomic E-state index is 0.0177. The predicted octanol–water partition coefficient (Wildman–Crippen LogP) is 4.75. The van der Waals surface area contributed by atoms with Gasteiger partial charge in [0.25, 0.3) is 11.8 Å². The normalized spacial score (nSPS) is 15.3. The molecule has 8 heteroatoms. The predicted molar refractivity (Wildman–Crippen MR) is 126 cm³/mol. The number of anilines is 1. The van der Waals surface area contributed by atoms with Crippen LogP contribution in [0.3, 0.4) is 0 Å². The standard InChI is InChI=1S/C23H23ClN2O4S/c1-3-5-12-30-19-11-6-15(14-20(19)29-4-2)13-18-21(27)25-23(31)26(22(18)28)17-9-7-16(24)8-10-17/h6-11,13-14H,3-5,12H2,1-2H3,(H,25,27,31). The van der Waals surface area contributed by atoms with E-state index < -0.39 is 11.8 Å². The van der Waals surface area contributed by atoms with Crippen LogP contribution >= 0.6 is 23.8 Å². The molecule has 6 nitrogen and oxygen atoms in total. The number of carbonyl (C=O) groups excluding carboxylic acids is 2. The first-order valence-electron chi connectivity index (χ1n) is 10.0. The van der Waals surface area contributed by atoms with Crippen molar-refractivity contribution < 1.29 is 19.1 Å². The topological polar surface area (TPSA) is 67.9 Å². The number of nitrogens with zero attached hydrogens (tertiary/aromatic N) is 1. The van der Waals surface area contributed by atoms with Crippen molar-refractivity contribution in [2.45, 2.75) is 26.7 Å². The van der Waals surface area contributed by atoms with Crippen LogP contribution in [0, 0.1) is 0 Å². The number of amides is 2. The number of nitrogens with one attached hydrogen (secondary N) is 1. The lowest BCUT2D eigenvalue weighted by Crippen LogP contribution is -2.54. The van der Waals surface area contributed by atoms with Crippen molar-refractivity contribution in [1.82, 2.24) is 5.32 Å². The van der Waals surface area contributed by atoms with Crippen molar-refractivity contribution in [3.8, 4) is 11.5 Å². The van der Waals surface area contributed by atoms with Gasteiger partial charge in [0.1, 0.15) is 5.57 Å². The summed E-state index contributed by atoms with van der Waals surface area (Å²) in [6.07, 6.45) is 3.48. The maximum absolute atomic E-state index is 13.1. The maximum Gasteiger partial charge on any atom is 0.270 e. The molecule has 0 atom stereocenters. The number of hydrogen-bond donors (Lipinski definition) is 1. The number of halogens is 1. The van der Waals surface area contributed by atoms with Gasteiger partial charge in [-0.2, -0.15) is 0 Å². The molecule has 1 saturated heterocycles. The Bertz CT molecular complexity index is 1020. The Kier molecular flexibility index (Phi) is 7.65. The van der Waals surface area contributed by atoms with Gasteiger partial charge in [-0.15, -0.1) is 0 Å². The van der Waals surface area contributed by atoms with Crippen LogP contribution < -0.4 is 19.7 Å². The molecule has 0 saturated carbocycles. The van der Waals surface area contributed by atoms with Gasteiger partial charge in [0.15, 0.2) is 16.6 Å². The van der Waals surface area contributed by atoms with Gasteiger partial charge >= 0.3 is 0 Å². The summed E-state index contributed by atoms with van der Waals surface area (Å²) in [5.41, 5.74) is 1.11. The van der Waals surface area contributed by atoms with Crippen molar-refractivity contribution in [3.05, 3.63) is 58.6 Å². The Morgan fingerprint density at radius 2 is 1.81 bits per heavy atom. The Morgan fingerprint density at radius 1 is 1.06 bits per heavy atom. The second kappa shape index (κ2) is 10.4. The number of rotatable bonds is 8. The van der Waals surface area contributed by atoms with E-state index >= 15 is 0 Å². The molecule has 0 aliphatic carbocycles. The zero-order valence-corrected chi connectivity index (χ0v) is 18.9. The number of unbranched alkanes of at least 4 members (excludes halogenated alkanes) is 1. The van der Waals surface area contributed by atoms with E-state index in [4.69, 9.17) is 33.3 Å². The van der Waals surface area contributed by atoms with Crippen LogP contribution in [0.25, 0.3) is 6.08 Å². The lowest BCUT2D eigenvalue weighted by Gasteiger charge is -2.29. The molecule has 162 valence electrons. The van der Waals surface area contributed by atoms with Gasteiger partial charge in [-0.1, -0.05) is 31.0 Å². The molecule has 1 aliphatic rings. The molecule has 0 aromatic heterocycles. The summed E-state index contributed by atoms with van der Waals surface area (Å²) in [5.74, 6) is 0.112. The number of hydrogen-bond acceptors (Lipinski definition) is 5. The van der Waals surface area contributed by atoms with Gasteiger partial charge in [0.05, 0.1) is 18.9 Å². The third kappa shape index (κ3) is 5.42. The van der Waals surface area contributed by atoms with Gasteiger partial charge in [-0.3, -0.25) is 19.8 Å². The summed E-state index contributed by atoms with van der Waals surface area (Å²) in [5, 5.41) is 3.12. The van der Waals surface area contributed by atoms with Gasteiger partial charge in [-0.25, -0.2) is 0 Å². The van der Waals surface area contributed by atoms with Crippen molar-refractivity contribution in [2.75, 3.05) is 18.1 Å². The highest BCUT2D eigenvalue weighted by Gasteiger charge is 2.34. The summed E-state index contributed by atoms with van der Waals surface area (Å²) in [7, 11) is 0. The van der Waals surface area contributed by atoms with Crippen LogP contribution in [0.1, 0.15) is 32.3 Å². The summed E-state index contributed by atoms with van der Waals surface area (Å²) in [6, 6.07) is 11.9. The minimum Gasteiger partial charge on any atom is -0.490 e. The fraction of sp³-hybridized carbons (Fsp3) is 0.261. The molecule has 0 spiro atoms. The van der Waals surface area contributed by atoms with Crippen LogP contribution in [0.15, 0.2) is 48.0 Å². The smallest absolute Gasteiger partial charge is 0.270 e. The first-order valence-corrected chi connectivity index (χ1v) is 10.8. The molecule has 1 fully saturated rings. The monoisotopic (exact) mass is 458 g/mol. The number of thiocarbonyl (C=S) groups is 1. The lowest BCUT2D eigenvalue weighted by atomic mass is 10.1. The van der Waals surface area contributed by atoms with Crippen molar-refractivity contribution in [1.29, 1.82) is 0 Å². The van der Waals surface area contributed by atoms with Crippen LogP contribution in [-0.4, -0.2) is 30.1 Å². The summed E-state index contributed by atoms with van der Waals surface area (Å²) in [6.45, 7) is 5.02. The van der Waals surface area contributed by atoms with E-state index in [2.05, 4.69) is 12.2 Å². The molecule has 3 rings (SSSR count). The summed E-state index contributed by atoms with van der Waals surface area (Å²) in [4.78, 5) is 26.9. The first-order chi connectivity index (χ1) is 14.9. The van der Waals surface area contributed by atoms with Crippen LogP contribution in [0.5, 0.6) is 11.5 Å². The van der Waals surface area contributed by atoms with E-state index in [1.165, 1.54) is 11.0 Å². The maximum atomic E-state index is 13.1. The molecule has 0 bridgehead atoms. The zero-order chi connectivity index (χ0) is 22.4. The lowest BCUT2D eigenvalue weighted by molar-refractivity contribution is -0.122. The SMILES string of the molecule is CCCCOc1ccc(C=C2C(=O)NC(=S)N(c3ccc(Cl)cc3)C2=O)cc1OCC. The number of carbonyl (C=O) groups is 2. The molecule has 31 heavy (non-hydrogen) atoms. The second-order valence-corrected chi connectivity index (χ2v) is 7.60. The van der Waals surface area contributed by atoms with E-state index in [0.717, 1.165) is 12.8 Å². The number of ether oxygens (including phenoxy) is 2. The second-order valence-electron chi connectivity index (χ2n) is 6.78. The van der Waals surface area contributed by atoms with Crippen LogP contribution in [0.4, 0.5) is 5.69 Å². The highest BCUT2D eigenvalue weighted by molar-refractivity contribution is 7.80. The zero-order valence-electron chi connectivity index (χ0n) is 17.3. The Balaban J connectivity index is 1.92. The Labute approximate surface area is 191 Å². The van der Waals surface area contributed by atoms with E-state index in [-0.39, 0.29) is 10.7 Å². The van der Waals surface area contributed by atoms with E-state index in [9.17, 15) is 9.59 Å². The fourth-order valence-corrected chi connectivity index (χ4v) is 3.38. The first kappa shape index (κ1) is 22.8. The molecular formula is C23H23ClN2O4S. The van der Waals surface area contributed by atoms with E-state index in [1.54, 1.807) is 42.5 Å². The van der Waals surface area contributed by atoms with Crippen molar-refractivity contribution in [2.24, 2.45) is 0 Å². The van der Waals surface area contributed by atoms with Gasteiger partial charge in [-0.05, 0) is 73.6 Å². The molecule has 2 amide bonds. The molecule has 0 radical (unpaired) electrons.